The van der Waals surface area contributed by atoms with E-state index in [1.165, 1.54) is 38.3 Å². The van der Waals surface area contributed by atoms with E-state index in [2.05, 4.69) is 5.10 Å². The first kappa shape index (κ1) is 20.3. The van der Waals surface area contributed by atoms with Gasteiger partial charge in [0, 0.05) is 6.07 Å². The van der Waals surface area contributed by atoms with Gasteiger partial charge in [-0.3, -0.25) is 0 Å². The number of carbonyl (C=O) groups is 1. The summed E-state index contributed by atoms with van der Waals surface area (Å²) in [4.78, 5) is 12.0. The quantitative estimate of drug-likeness (QED) is 0.627. The number of benzene rings is 2. The van der Waals surface area contributed by atoms with Gasteiger partial charge >= 0.3 is 5.97 Å². The van der Waals surface area contributed by atoms with Crippen molar-refractivity contribution in [2.24, 2.45) is 0 Å². The van der Waals surface area contributed by atoms with Gasteiger partial charge in [0.2, 0.25) is 5.88 Å². The molecule has 0 aliphatic carbocycles. The summed E-state index contributed by atoms with van der Waals surface area (Å²) in [5.74, 6) is -4.06. The van der Waals surface area contributed by atoms with Crippen LogP contribution < -0.4 is 15.2 Å². The van der Waals surface area contributed by atoms with Crippen molar-refractivity contribution in [1.82, 2.24) is 9.19 Å². The number of aryl methyl sites for hydroxylation is 1. The fourth-order valence-electron chi connectivity index (χ4n) is 2.44. The van der Waals surface area contributed by atoms with E-state index in [1.54, 1.807) is 0 Å². The molecule has 3 rings (SSSR count). The normalized spacial score (nSPS) is 11.3. The zero-order valence-electron chi connectivity index (χ0n) is 15.2. The zero-order chi connectivity index (χ0) is 21.3. The van der Waals surface area contributed by atoms with Gasteiger partial charge in [0.05, 0.1) is 12.0 Å². The Labute approximate surface area is 164 Å². The molecule has 0 saturated heterocycles. The molecule has 0 aliphatic rings. The second-order valence-corrected chi connectivity index (χ2v) is 7.64. The Morgan fingerprint density at radius 1 is 1.14 bits per heavy atom. The van der Waals surface area contributed by atoms with E-state index in [9.17, 15) is 22.0 Å². The molecule has 3 aromatic rings. The zero-order valence-corrected chi connectivity index (χ0v) is 16.0. The van der Waals surface area contributed by atoms with Crippen LogP contribution in [0.15, 0.2) is 47.4 Å². The second kappa shape index (κ2) is 7.51. The highest BCUT2D eigenvalue weighted by atomic mass is 32.2. The van der Waals surface area contributed by atoms with Gasteiger partial charge in [-0.05, 0) is 42.8 Å². The summed E-state index contributed by atoms with van der Waals surface area (Å²) in [6.07, 6.45) is 0. The van der Waals surface area contributed by atoms with Gasteiger partial charge in [0.25, 0.3) is 10.0 Å². The number of methoxy groups -OCH3 is 1. The standard InChI is InChI=1S/C18H15F2N3O5S/c1-10-3-8-13(19)16(17(10)20)18(24)28-15-9-14(21)23(22-15)29(25,26)12-6-4-11(27-2)5-7-12/h3-9H,21H2,1-2H3. The minimum Gasteiger partial charge on any atom is -0.497 e. The van der Waals surface area contributed by atoms with E-state index in [0.717, 1.165) is 18.2 Å². The number of nitrogen functional groups attached to an aromatic ring is 1. The van der Waals surface area contributed by atoms with Crippen LogP contribution in [0.2, 0.25) is 0 Å². The molecule has 0 saturated carbocycles. The third-order valence-electron chi connectivity index (χ3n) is 3.95. The summed E-state index contributed by atoms with van der Waals surface area (Å²) >= 11 is 0. The van der Waals surface area contributed by atoms with Gasteiger partial charge in [0.15, 0.2) is 0 Å². The number of anilines is 1. The van der Waals surface area contributed by atoms with Gasteiger partial charge in [-0.25, -0.2) is 13.6 Å². The lowest BCUT2D eigenvalue weighted by Gasteiger charge is -2.07. The number of halogens is 2. The summed E-state index contributed by atoms with van der Waals surface area (Å²) in [6, 6.07) is 8.43. The molecule has 11 heteroatoms. The Kier molecular flexibility index (Phi) is 5.25. The predicted molar refractivity (Wildman–Crippen MR) is 98.3 cm³/mol. The molecule has 2 N–H and O–H groups in total. The number of nitrogens with zero attached hydrogens (tertiary/aromatic N) is 2. The van der Waals surface area contributed by atoms with Crippen LogP contribution >= 0.6 is 0 Å². The molecule has 1 aromatic heterocycles. The minimum atomic E-state index is -4.21. The Hall–Kier alpha value is -3.47. The Balaban J connectivity index is 1.92. The second-order valence-electron chi connectivity index (χ2n) is 5.87. The lowest BCUT2D eigenvalue weighted by molar-refractivity contribution is 0.0716. The molecular weight excluding hydrogens is 408 g/mol. The van der Waals surface area contributed by atoms with Crippen LogP contribution in [0.3, 0.4) is 0 Å². The van der Waals surface area contributed by atoms with Crippen molar-refractivity contribution in [2.45, 2.75) is 11.8 Å². The average Bonchev–Trinajstić information content (AvgIpc) is 3.06. The fraction of sp³-hybridized carbons (Fsp3) is 0.111. The van der Waals surface area contributed by atoms with Gasteiger partial charge in [-0.15, -0.1) is 9.19 Å². The van der Waals surface area contributed by atoms with E-state index < -0.39 is 39.1 Å². The molecule has 0 bridgehead atoms. The first-order chi connectivity index (χ1) is 13.6. The van der Waals surface area contributed by atoms with Crippen LogP contribution in [0.1, 0.15) is 15.9 Å². The fourth-order valence-corrected chi connectivity index (χ4v) is 3.64. The summed E-state index contributed by atoms with van der Waals surface area (Å²) < 4.78 is 63.6. The van der Waals surface area contributed by atoms with E-state index in [-0.39, 0.29) is 16.3 Å². The van der Waals surface area contributed by atoms with Crippen molar-refractivity contribution in [2.75, 3.05) is 12.8 Å². The molecule has 2 aromatic carbocycles. The third kappa shape index (κ3) is 3.76. The van der Waals surface area contributed by atoms with Gasteiger partial charge < -0.3 is 15.2 Å². The number of carbonyl (C=O) groups excluding carboxylic acids is 1. The number of ether oxygens (including phenoxy) is 2. The first-order valence-corrected chi connectivity index (χ1v) is 9.51. The molecule has 0 unspecified atom stereocenters. The van der Waals surface area contributed by atoms with Crippen LogP contribution in [-0.2, 0) is 10.0 Å². The van der Waals surface area contributed by atoms with E-state index in [1.807, 2.05) is 0 Å². The van der Waals surface area contributed by atoms with Crippen LogP contribution in [0.25, 0.3) is 0 Å². The molecule has 0 aliphatic heterocycles. The van der Waals surface area contributed by atoms with Crippen molar-refractivity contribution in [3.05, 3.63) is 65.2 Å². The van der Waals surface area contributed by atoms with Gasteiger partial charge in [-0.2, -0.15) is 8.42 Å². The van der Waals surface area contributed by atoms with Crippen molar-refractivity contribution in [1.29, 1.82) is 0 Å². The number of aromatic nitrogens is 2. The minimum absolute atomic E-state index is 0.0328. The highest BCUT2D eigenvalue weighted by molar-refractivity contribution is 7.90. The van der Waals surface area contributed by atoms with E-state index in [0.29, 0.717) is 9.84 Å². The van der Waals surface area contributed by atoms with Gasteiger partial charge in [-0.1, -0.05) is 6.07 Å². The van der Waals surface area contributed by atoms with Crippen LogP contribution in [0, 0.1) is 18.6 Å². The lowest BCUT2D eigenvalue weighted by atomic mass is 10.1. The number of esters is 1. The Morgan fingerprint density at radius 2 is 1.79 bits per heavy atom. The van der Waals surface area contributed by atoms with Crippen molar-refractivity contribution < 1.29 is 31.5 Å². The summed E-state index contributed by atoms with van der Waals surface area (Å²) in [5.41, 5.74) is 4.79. The van der Waals surface area contributed by atoms with Crippen molar-refractivity contribution in [3.63, 3.8) is 0 Å². The largest absolute Gasteiger partial charge is 0.497 e. The Morgan fingerprint density at radius 3 is 2.41 bits per heavy atom. The molecular formula is C18H15F2N3O5S. The summed E-state index contributed by atoms with van der Waals surface area (Å²) in [6.45, 7) is 1.35. The summed E-state index contributed by atoms with van der Waals surface area (Å²) in [5, 5.41) is 3.63. The number of nitrogens with two attached hydrogens (primary N) is 1. The van der Waals surface area contributed by atoms with Crippen molar-refractivity contribution >= 4 is 21.8 Å². The van der Waals surface area contributed by atoms with Crippen molar-refractivity contribution in [3.8, 4) is 11.6 Å². The maximum atomic E-state index is 14.1. The molecule has 0 fully saturated rings. The monoisotopic (exact) mass is 423 g/mol. The average molecular weight is 423 g/mol. The molecule has 0 atom stereocenters. The Bertz CT molecular complexity index is 1190. The molecule has 0 spiro atoms. The number of hydrogen-bond donors (Lipinski definition) is 1. The van der Waals surface area contributed by atoms with Crippen LogP contribution in [0.5, 0.6) is 11.6 Å². The van der Waals surface area contributed by atoms with Crippen LogP contribution in [-0.4, -0.2) is 30.7 Å². The smallest absolute Gasteiger partial charge is 0.350 e. The molecule has 0 radical (unpaired) electrons. The van der Waals surface area contributed by atoms with E-state index in [4.69, 9.17) is 15.2 Å². The first-order valence-electron chi connectivity index (χ1n) is 8.07. The van der Waals surface area contributed by atoms with E-state index >= 15 is 0 Å². The predicted octanol–water partition coefficient (Wildman–Crippen LogP) is 2.52. The number of rotatable bonds is 5. The molecule has 1 heterocycles. The molecule has 29 heavy (non-hydrogen) atoms. The van der Waals surface area contributed by atoms with Crippen LogP contribution in [0.4, 0.5) is 14.6 Å². The maximum absolute atomic E-state index is 14.1. The highest BCUT2D eigenvalue weighted by Crippen LogP contribution is 2.24. The molecule has 0 amide bonds. The topological polar surface area (TPSA) is 114 Å². The highest BCUT2D eigenvalue weighted by Gasteiger charge is 2.25. The third-order valence-corrected chi connectivity index (χ3v) is 5.57. The maximum Gasteiger partial charge on any atom is 0.350 e. The molecule has 8 nitrogen and oxygen atoms in total. The summed E-state index contributed by atoms with van der Waals surface area (Å²) in [7, 11) is -2.79. The SMILES string of the molecule is COc1ccc(S(=O)(=O)n2nc(OC(=O)c3c(F)ccc(C)c3F)cc2N)cc1. The number of hydrogen-bond acceptors (Lipinski definition) is 7. The lowest BCUT2D eigenvalue weighted by Crippen LogP contribution is -2.18. The molecule has 152 valence electrons. The van der Waals surface area contributed by atoms with Gasteiger partial charge in [0.1, 0.15) is 28.8 Å².